The second-order valence-corrected chi connectivity index (χ2v) is 6.75. The summed E-state index contributed by atoms with van der Waals surface area (Å²) in [6.45, 7) is 9.92. The summed E-state index contributed by atoms with van der Waals surface area (Å²) in [7, 11) is 0. The molecule has 0 aliphatic carbocycles. The van der Waals surface area contributed by atoms with Crippen molar-refractivity contribution < 1.29 is 4.79 Å². The first kappa shape index (κ1) is 17.1. The van der Waals surface area contributed by atoms with Gasteiger partial charge in [0.1, 0.15) is 0 Å². The molecule has 2 fully saturated rings. The summed E-state index contributed by atoms with van der Waals surface area (Å²) in [5, 5.41) is 8.61. The van der Waals surface area contributed by atoms with Crippen molar-refractivity contribution in [2.24, 2.45) is 0 Å². The van der Waals surface area contributed by atoms with E-state index < -0.39 is 0 Å². The minimum Gasteiger partial charge on any atom is -0.352 e. The van der Waals surface area contributed by atoms with E-state index in [1.807, 2.05) is 17.0 Å². The Morgan fingerprint density at radius 3 is 2.50 bits per heavy atom. The molecule has 0 N–H and O–H groups in total. The Kier molecular flexibility index (Phi) is 5.66. The van der Waals surface area contributed by atoms with E-state index in [9.17, 15) is 4.79 Å². The highest BCUT2D eigenvalue weighted by Gasteiger charge is 2.25. The van der Waals surface area contributed by atoms with Crippen molar-refractivity contribution in [3.8, 4) is 0 Å². The number of amides is 1. The molecule has 6 nitrogen and oxygen atoms in total. The van der Waals surface area contributed by atoms with Gasteiger partial charge in [0.05, 0.1) is 0 Å². The predicted octanol–water partition coefficient (Wildman–Crippen LogP) is 2.02. The number of carbonyl (C=O) groups is 1. The van der Waals surface area contributed by atoms with Gasteiger partial charge in [0.2, 0.25) is 0 Å². The number of anilines is 1. The number of aromatic nitrogens is 2. The number of hydrogen-bond donors (Lipinski definition) is 0. The van der Waals surface area contributed by atoms with Crippen molar-refractivity contribution in [2.45, 2.75) is 45.6 Å². The van der Waals surface area contributed by atoms with Gasteiger partial charge in [-0.1, -0.05) is 13.8 Å². The van der Waals surface area contributed by atoms with Gasteiger partial charge in [-0.15, -0.1) is 10.2 Å². The molecule has 0 aromatic carbocycles. The molecule has 0 radical (unpaired) electrons. The third-order valence-electron chi connectivity index (χ3n) is 5.37. The van der Waals surface area contributed by atoms with Crippen LogP contribution in [0.2, 0.25) is 0 Å². The molecule has 0 bridgehead atoms. The van der Waals surface area contributed by atoms with Crippen LogP contribution in [0.15, 0.2) is 12.1 Å². The van der Waals surface area contributed by atoms with E-state index in [2.05, 4.69) is 33.8 Å². The summed E-state index contributed by atoms with van der Waals surface area (Å²) in [4.78, 5) is 19.2. The van der Waals surface area contributed by atoms with E-state index >= 15 is 0 Å². The number of piperidine rings is 1. The summed E-state index contributed by atoms with van der Waals surface area (Å²) in [6.07, 6.45) is 4.86. The molecule has 3 heterocycles. The molecule has 132 valence electrons. The number of likely N-dealkylation sites (N-methyl/N-ethyl adjacent to an activating group) is 1. The van der Waals surface area contributed by atoms with E-state index in [0.29, 0.717) is 11.7 Å². The maximum absolute atomic E-state index is 12.6. The lowest BCUT2D eigenvalue weighted by Crippen LogP contribution is -2.48. The normalized spacial score (nSPS) is 22.7. The SMILES string of the molecule is CCC1CCCCN1c1ccc(C(=O)N2CCN(CC)CC2)nn1. The zero-order valence-electron chi connectivity index (χ0n) is 14.9. The quantitative estimate of drug-likeness (QED) is 0.845. The summed E-state index contributed by atoms with van der Waals surface area (Å²) < 4.78 is 0. The lowest BCUT2D eigenvalue weighted by Gasteiger charge is -2.36. The summed E-state index contributed by atoms with van der Waals surface area (Å²) in [5.41, 5.74) is 0.466. The molecule has 0 spiro atoms. The third kappa shape index (κ3) is 3.69. The summed E-state index contributed by atoms with van der Waals surface area (Å²) in [6, 6.07) is 4.37. The van der Waals surface area contributed by atoms with Gasteiger partial charge in [0, 0.05) is 38.8 Å². The fourth-order valence-corrected chi connectivity index (χ4v) is 3.75. The first-order chi connectivity index (χ1) is 11.7. The number of nitrogens with zero attached hydrogens (tertiary/aromatic N) is 5. The average molecular weight is 331 g/mol. The Labute approximate surface area is 144 Å². The van der Waals surface area contributed by atoms with Crippen molar-refractivity contribution in [3.63, 3.8) is 0 Å². The van der Waals surface area contributed by atoms with Crippen LogP contribution in [0.25, 0.3) is 0 Å². The van der Waals surface area contributed by atoms with Crippen LogP contribution in [0.4, 0.5) is 5.82 Å². The second kappa shape index (κ2) is 7.92. The van der Waals surface area contributed by atoms with Crippen LogP contribution in [0.3, 0.4) is 0 Å². The third-order valence-corrected chi connectivity index (χ3v) is 5.37. The molecule has 3 rings (SSSR count). The van der Waals surface area contributed by atoms with Crippen molar-refractivity contribution >= 4 is 11.7 Å². The molecular weight excluding hydrogens is 302 g/mol. The van der Waals surface area contributed by atoms with Gasteiger partial charge in [-0.05, 0) is 44.4 Å². The Bertz CT molecular complexity index is 539. The fraction of sp³-hybridized carbons (Fsp3) is 0.722. The highest BCUT2D eigenvalue weighted by atomic mass is 16.2. The van der Waals surface area contributed by atoms with Crippen LogP contribution in [-0.2, 0) is 0 Å². The Morgan fingerprint density at radius 1 is 1.08 bits per heavy atom. The van der Waals surface area contributed by atoms with Gasteiger partial charge < -0.3 is 14.7 Å². The second-order valence-electron chi connectivity index (χ2n) is 6.75. The van der Waals surface area contributed by atoms with Crippen LogP contribution in [0.1, 0.15) is 50.0 Å². The molecule has 1 unspecified atom stereocenters. The molecular formula is C18H29N5O. The highest BCUT2D eigenvalue weighted by molar-refractivity contribution is 5.92. The molecule has 2 saturated heterocycles. The van der Waals surface area contributed by atoms with E-state index in [-0.39, 0.29) is 5.91 Å². The fourth-order valence-electron chi connectivity index (χ4n) is 3.75. The summed E-state index contributed by atoms with van der Waals surface area (Å²) >= 11 is 0. The van der Waals surface area contributed by atoms with Gasteiger partial charge >= 0.3 is 0 Å². The molecule has 1 aromatic heterocycles. The molecule has 6 heteroatoms. The molecule has 24 heavy (non-hydrogen) atoms. The first-order valence-corrected chi connectivity index (χ1v) is 9.35. The standard InChI is InChI=1S/C18H29N5O/c1-3-15-7-5-6-10-23(15)17-9-8-16(19-20-17)18(24)22-13-11-21(4-2)12-14-22/h8-9,15H,3-7,10-14H2,1-2H3. The maximum Gasteiger partial charge on any atom is 0.274 e. The van der Waals surface area contributed by atoms with E-state index in [1.165, 1.54) is 19.3 Å². The van der Waals surface area contributed by atoms with Crippen LogP contribution in [0.5, 0.6) is 0 Å². The topological polar surface area (TPSA) is 52.6 Å². The monoisotopic (exact) mass is 331 g/mol. The number of hydrogen-bond acceptors (Lipinski definition) is 5. The van der Waals surface area contributed by atoms with E-state index in [4.69, 9.17) is 0 Å². The van der Waals surface area contributed by atoms with Crippen molar-refractivity contribution in [1.82, 2.24) is 20.0 Å². The van der Waals surface area contributed by atoms with Gasteiger partial charge in [0.15, 0.2) is 11.5 Å². The van der Waals surface area contributed by atoms with E-state index in [1.54, 1.807) is 0 Å². The van der Waals surface area contributed by atoms with Crippen LogP contribution in [0, 0.1) is 0 Å². The first-order valence-electron chi connectivity index (χ1n) is 9.35. The van der Waals surface area contributed by atoms with Gasteiger partial charge in [-0.25, -0.2) is 0 Å². The zero-order chi connectivity index (χ0) is 16.9. The lowest BCUT2D eigenvalue weighted by atomic mass is 10.0. The molecule has 2 aliphatic rings. The molecule has 0 saturated carbocycles. The highest BCUT2D eigenvalue weighted by Crippen LogP contribution is 2.24. The van der Waals surface area contributed by atoms with Crippen molar-refractivity contribution in [3.05, 3.63) is 17.8 Å². The number of rotatable bonds is 4. The molecule has 2 aliphatic heterocycles. The zero-order valence-corrected chi connectivity index (χ0v) is 14.9. The van der Waals surface area contributed by atoms with E-state index in [0.717, 1.165) is 51.5 Å². The number of piperazine rings is 1. The predicted molar refractivity (Wildman–Crippen MR) is 95.3 cm³/mol. The van der Waals surface area contributed by atoms with Gasteiger partial charge in [-0.3, -0.25) is 4.79 Å². The minimum atomic E-state index is 0.00971. The Balaban J connectivity index is 1.64. The number of carbonyl (C=O) groups excluding carboxylic acids is 1. The van der Waals surface area contributed by atoms with Crippen LogP contribution >= 0.6 is 0 Å². The smallest absolute Gasteiger partial charge is 0.274 e. The average Bonchev–Trinajstić information content (AvgIpc) is 2.67. The van der Waals surface area contributed by atoms with Crippen LogP contribution in [-0.4, -0.2) is 71.2 Å². The van der Waals surface area contributed by atoms with Gasteiger partial charge in [0.25, 0.3) is 5.91 Å². The Hall–Kier alpha value is -1.69. The largest absolute Gasteiger partial charge is 0.352 e. The lowest BCUT2D eigenvalue weighted by molar-refractivity contribution is 0.0636. The van der Waals surface area contributed by atoms with Crippen molar-refractivity contribution in [2.75, 3.05) is 44.2 Å². The molecule has 1 atom stereocenters. The van der Waals surface area contributed by atoms with Gasteiger partial charge in [-0.2, -0.15) is 0 Å². The minimum absolute atomic E-state index is 0.00971. The molecule has 1 aromatic rings. The molecule has 1 amide bonds. The Morgan fingerprint density at radius 2 is 1.88 bits per heavy atom. The van der Waals surface area contributed by atoms with Crippen molar-refractivity contribution in [1.29, 1.82) is 0 Å². The maximum atomic E-state index is 12.6. The van der Waals surface area contributed by atoms with Crippen LogP contribution < -0.4 is 4.90 Å². The summed E-state index contributed by atoms with van der Waals surface area (Å²) in [5.74, 6) is 0.921.